The molecule has 43 heavy (non-hydrogen) atoms. The van der Waals surface area contributed by atoms with Crippen molar-refractivity contribution < 1.29 is 42.8 Å². The predicted molar refractivity (Wildman–Crippen MR) is 163 cm³/mol. The first-order valence-electron chi connectivity index (χ1n) is 14.7. The Balaban J connectivity index is 1.72. The van der Waals surface area contributed by atoms with E-state index in [4.69, 9.17) is 27.8 Å². The van der Waals surface area contributed by atoms with Crippen LogP contribution in [0.4, 0.5) is 0 Å². The van der Waals surface area contributed by atoms with Crippen molar-refractivity contribution in [3.63, 3.8) is 0 Å². The molecule has 11 heteroatoms. The summed E-state index contributed by atoms with van der Waals surface area (Å²) in [5, 5.41) is 21.6. The third kappa shape index (κ3) is 6.51. The van der Waals surface area contributed by atoms with Crippen LogP contribution in [-0.2, 0) is 20.5 Å². The van der Waals surface area contributed by atoms with E-state index >= 15 is 0 Å². The molecule has 4 atom stereocenters. The number of carbonyl (C=O) groups is 1. The molecular weight excluding hydrogens is 572 g/mol. The Kier molecular flexibility index (Phi) is 10.0. The summed E-state index contributed by atoms with van der Waals surface area (Å²) in [5.74, 6) is -1.27. The average Bonchev–Trinajstić information content (AvgIpc) is 2.98. The molecule has 0 aliphatic carbocycles. The van der Waals surface area contributed by atoms with Crippen LogP contribution in [0.25, 0.3) is 11.0 Å². The molecule has 2 N–H and O–H groups in total. The topological polar surface area (TPSA) is 134 Å². The Morgan fingerprint density at radius 3 is 2.28 bits per heavy atom. The smallest absolute Gasteiger partial charge is 0.354 e. The molecule has 0 saturated carbocycles. The number of methoxy groups -OCH3 is 1. The zero-order valence-corrected chi connectivity index (χ0v) is 26.8. The van der Waals surface area contributed by atoms with Gasteiger partial charge in [-0.25, -0.2) is 9.59 Å². The van der Waals surface area contributed by atoms with E-state index in [0.29, 0.717) is 10.9 Å². The molecule has 10 nitrogen and oxygen atoms in total. The maximum absolute atomic E-state index is 12.9. The second-order valence-corrected chi connectivity index (χ2v) is 16.1. The van der Waals surface area contributed by atoms with Gasteiger partial charge < -0.3 is 38.0 Å². The lowest BCUT2D eigenvalue weighted by Crippen LogP contribution is -2.66. The van der Waals surface area contributed by atoms with Crippen LogP contribution in [0.2, 0.25) is 18.1 Å². The van der Waals surface area contributed by atoms with Gasteiger partial charge in [-0.15, -0.1) is 0 Å². The molecule has 1 aliphatic heterocycles. The quantitative estimate of drug-likeness (QED) is 0.194. The van der Waals surface area contributed by atoms with E-state index in [-0.39, 0.29) is 23.7 Å². The van der Waals surface area contributed by atoms with E-state index in [0.717, 1.165) is 23.7 Å². The predicted octanol–water partition coefficient (Wildman–Crippen LogP) is 5.66. The highest BCUT2D eigenvalue weighted by Crippen LogP contribution is 2.39. The Hall–Kier alpha value is -3.22. The number of fused-ring (bicyclic) bond motifs is 1. The van der Waals surface area contributed by atoms with E-state index in [1.165, 1.54) is 0 Å². The van der Waals surface area contributed by atoms with Crippen LogP contribution in [0.1, 0.15) is 56.1 Å². The van der Waals surface area contributed by atoms with E-state index in [2.05, 4.69) is 20.8 Å². The highest BCUT2D eigenvalue weighted by molar-refractivity contribution is 6.73. The minimum Gasteiger partial charge on any atom is -0.487 e. The number of aliphatic hydroxyl groups excluding tert-OH is 1. The Morgan fingerprint density at radius 1 is 1.05 bits per heavy atom. The molecule has 3 aromatic rings. The summed E-state index contributed by atoms with van der Waals surface area (Å²) in [6.07, 6.45) is -3.55. The van der Waals surface area contributed by atoms with Crippen molar-refractivity contribution in [3.8, 4) is 11.5 Å². The largest absolute Gasteiger partial charge is 0.487 e. The lowest BCUT2D eigenvalue weighted by Gasteiger charge is -2.50. The van der Waals surface area contributed by atoms with Crippen molar-refractivity contribution in [2.45, 2.75) is 96.5 Å². The summed E-state index contributed by atoms with van der Waals surface area (Å²) in [4.78, 5) is 24.9. The number of carboxylic acid groups (broad SMARTS) is 1. The second-order valence-electron chi connectivity index (χ2n) is 11.4. The van der Waals surface area contributed by atoms with Crippen molar-refractivity contribution >= 4 is 25.3 Å². The molecule has 1 aromatic heterocycles. The molecule has 0 unspecified atom stereocenters. The van der Waals surface area contributed by atoms with Gasteiger partial charge in [0.15, 0.2) is 19.6 Å². The third-order valence-corrected chi connectivity index (χ3v) is 13.1. The number of hydrogen-bond acceptors (Lipinski definition) is 9. The number of aromatic carboxylic acids is 1. The highest BCUT2D eigenvalue weighted by Gasteiger charge is 2.53. The highest BCUT2D eigenvalue weighted by atomic mass is 28.4. The number of aliphatic hydroxyl groups is 1. The molecule has 1 fully saturated rings. The fourth-order valence-electron chi connectivity index (χ4n) is 5.77. The van der Waals surface area contributed by atoms with Gasteiger partial charge in [0.1, 0.15) is 36.3 Å². The number of benzene rings is 2. The van der Waals surface area contributed by atoms with Gasteiger partial charge in [-0.05, 0) is 56.6 Å². The third-order valence-electron chi connectivity index (χ3n) is 8.50. The Bertz CT molecular complexity index is 1470. The first kappa shape index (κ1) is 32.7. The van der Waals surface area contributed by atoms with Gasteiger partial charge in [-0.2, -0.15) is 0 Å². The maximum Gasteiger partial charge on any atom is 0.354 e. The molecule has 0 spiro atoms. The van der Waals surface area contributed by atoms with Crippen LogP contribution in [0.15, 0.2) is 51.7 Å². The zero-order valence-electron chi connectivity index (χ0n) is 25.8. The average molecular weight is 615 g/mol. The van der Waals surface area contributed by atoms with Gasteiger partial charge in [0.2, 0.25) is 6.29 Å². The van der Waals surface area contributed by atoms with E-state index in [9.17, 15) is 19.8 Å². The van der Waals surface area contributed by atoms with Crippen LogP contribution >= 0.6 is 0 Å². The summed E-state index contributed by atoms with van der Waals surface area (Å²) in [6, 6.07) is 15.1. The van der Waals surface area contributed by atoms with Gasteiger partial charge in [0, 0.05) is 12.7 Å². The van der Waals surface area contributed by atoms with Gasteiger partial charge in [-0.1, -0.05) is 51.1 Å². The fourth-order valence-corrected chi connectivity index (χ4v) is 8.61. The SMILES string of the molecule is CC[Si](CC)(CC)O[C@@H]1[C@@H](O)[C@H](Oc2ccc3c(OCc4ccccc4)c(C(=O)O)c(=O)oc3c2C)OC(C)(C)[C@@H]1OC. The number of hydrogen-bond donors (Lipinski definition) is 2. The fraction of sp³-hybridized carbons (Fsp3) is 0.500. The maximum atomic E-state index is 12.9. The second kappa shape index (κ2) is 13.2. The molecule has 1 saturated heterocycles. The van der Waals surface area contributed by atoms with Crippen LogP contribution in [-0.4, -0.2) is 61.8 Å². The summed E-state index contributed by atoms with van der Waals surface area (Å²) in [6.45, 7) is 11.8. The summed E-state index contributed by atoms with van der Waals surface area (Å²) >= 11 is 0. The molecule has 0 bridgehead atoms. The number of ether oxygens (including phenoxy) is 4. The molecule has 2 heterocycles. The van der Waals surface area contributed by atoms with Gasteiger partial charge >= 0.3 is 11.6 Å². The van der Waals surface area contributed by atoms with Crippen LogP contribution in [0, 0.1) is 6.92 Å². The molecular formula is C32H42O10Si. The standard InChI is InChI=1S/C32H42O10Si/c1-8-43(9-2,10-3)42-27-24(33)31(41-32(5,6)28(27)37-7)39-22-17-16-21-25(19(22)4)40-30(36)23(29(34)35)26(21)38-18-20-14-12-11-13-15-20/h11-17,24,27-28,31,33H,8-10,18H2,1-7H3,(H,34,35)/t24-,27-,28-,31-/m1/s1. The lowest BCUT2D eigenvalue weighted by molar-refractivity contribution is -0.303. The summed E-state index contributed by atoms with van der Waals surface area (Å²) < 4.78 is 36.5. The monoisotopic (exact) mass is 614 g/mol. The van der Waals surface area contributed by atoms with Crippen molar-refractivity contribution in [2.24, 2.45) is 0 Å². The molecule has 234 valence electrons. The van der Waals surface area contributed by atoms with E-state index < -0.39 is 55.7 Å². The first-order chi connectivity index (χ1) is 20.4. The molecule has 2 aromatic carbocycles. The minimum absolute atomic E-state index is 0.0499. The summed E-state index contributed by atoms with van der Waals surface area (Å²) in [5.41, 5.74) is -1.19. The molecule has 1 aliphatic rings. The van der Waals surface area contributed by atoms with Crippen LogP contribution in [0.3, 0.4) is 0 Å². The summed E-state index contributed by atoms with van der Waals surface area (Å²) in [7, 11) is -0.584. The van der Waals surface area contributed by atoms with Crippen molar-refractivity contribution in [1.82, 2.24) is 0 Å². The minimum atomic E-state index is -2.16. The Labute approximate surface area is 252 Å². The van der Waals surface area contributed by atoms with Crippen LogP contribution < -0.4 is 15.1 Å². The lowest BCUT2D eigenvalue weighted by atomic mass is 9.89. The molecule has 4 rings (SSSR count). The molecule has 0 amide bonds. The van der Waals surface area contributed by atoms with Crippen molar-refractivity contribution in [2.75, 3.05) is 7.11 Å². The number of carboxylic acids is 1. The van der Waals surface area contributed by atoms with Crippen molar-refractivity contribution in [1.29, 1.82) is 0 Å². The Morgan fingerprint density at radius 2 is 1.70 bits per heavy atom. The van der Waals surface area contributed by atoms with E-state index in [1.54, 1.807) is 26.2 Å². The molecule has 0 radical (unpaired) electrons. The first-order valence-corrected chi connectivity index (χ1v) is 17.2. The van der Waals surface area contributed by atoms with Crippen molar-refractivity contribution in [3.05, 3.63) is 69.6 Å². The normalized spacial score (nSPS) is 22.0. The van der Waals surface area contributed by atoms with Gasteiger partial charge in [0.05, 0.1) is 11.0 Å². The van der Waals surface area contributed by atoms with Gasteiger partial charge in [0.25, 0.3) is 0 Å². The zero-order chi connectivity index (χ0) is 31.5. The van der Waals surface area contributed by atoms with Gasteiger partial charge in [-0.3, -0.25) is 0 Å². The van der Waals surface area contributed by atoms with E-state index in [1.807, 2.05) is 44.2 Å². The number of rotatable bonds is 12. The van der Waals surface area contributed by atoms with Crippen LogP contribution in [0.5, 0.6) is 11.5 Å². The number of aryl methyl sites for hydroxylation is 1.